The van der Waals surface area contributed by atoms with Crippen molar-refractivity contribution in [3.05, 3.63) is 84.1 Å². The van der Waals surface area contributed by atoms with Crippen LogP contribution in [0.1, 0.15) is 58.6 Å². The van der Waals surface area contributed by atoms with E-state index in [2.05, 4.69) is 22.9 Å². The van der Waals surface area contributed by atoms with Crippen LogP contribution in [0.3, 0.4) is 0 Å². The molecule has 3 N–H and O–H groups in total. The van der Waals surface area contributed by atoms with E-state index in [0.717, 1.165) is 5.56 Å². The fraction of sp³-hybridized carbons (Fsp3) is 0.475. The van der Waals surface area contributed by atoms with E-state index in [0.29, 0.717) is 43.1 Å². The van der Waals surface area contributed by atoms with Gasteiger partial charge in [-0.3, -0.25) is 19.2 Å². The first-order valence-electron chi connectivity index (χ1n) is 17.5. The molecule has 11 heteroatoms. The first kappa shape index (κ1) is 40.4. The van der Waals surface area contributed by atoms with Gasteiger partial charge < -0.3 is 35.0 Å². The van der Waals surface area contributed by atoms with Crippen LogP contribution in [0.2, 0.25) is 0 Å². The third-order valence-corrected chi connectivity index (χ3v) is 8.76. The molecule has 0 aromatic heterocycles. The van der Waals surface area contributed by atoms with Crippen molar-refractivity contribution in [2.24, 2.45) is 11.8 Å². The Hall–Kier alpha value is -5.02. The summed E-state index contributed by atoms with van der Waals surface area (Å²) in [4.78, 5) is 59.5. The number of phenolic OH excluding ortho intramolecular Hbond substituents is 1. The molecule has 0 spiro atoms. The average Bonchev–Trinajstić information content (AvgIpc) is 3.09. The van der Waals surface area contributed by atoms with Crippen molar-refractivity contribution in [1.82, 2.24) is 20.4 Å². The summed E-state index contributed by atoms with van der Waals surface area (Å²) in [5.41, 5.74) is 3.84. The highest BCUT2D eigenvalue weighted by Gasteiger charge is 2.39. The lowest BCUT2D eigenvalue weighted by molar-refractivity contribution is -0.148. The first-order valence-corrected chi connectivity index (χ1v) is 17.5. The summed E-state index contributed by atoms with van der Waals surface area (Å²) in [5.74, 6) is -0.877. The van der Waals surface area contributed by atoms with Gasteiger partial charge in [0.05, 0.1) is 0 Å². The number of ether oxygens (including phenoxy) is 2. The topological polar surface area (TPSA) is 138 Å². The van der Waals surface area contributed by atoms with Gasteiger partial charge in [-0.25, -0.2) is 0 Å². The number of rotatable bonds is 14. The third-order valence-electron chi connectivity index (χ3n) is 8.76. The van der Waals surface area contributed by atoms with E-state index in [1.165, 1.54) is 22.9 Å². The van der Waals surface area contributed by atoms with E-state index in [9.17, 15) is 24.3 Å². The molecule has 1 fully saturated rings. The zero-order chi connectivity index (χ0) is 37.7. The van der Waals surface area contributed by atoms with Crippen molar-refractivity contribution in [1.29, 1.82) is 0 Å². The third kappa shape index (κ3) is 11.8. The van der Waals surface area contributed by atoms with Gasteiger partial charge in [-0.2, -0.15) is 0 Å². The molecular formula is C40H54N4O7. The quantitative estimate of drug-likeness (QED) is 0.194. The number of likely N-dealkylation sites (N-methyl/N-ethyl adjacent to an activating group) is 2. The van der Waals surface area contributed by atoms with Crippen molar-refractivity contribution in [2.75, 3.05) is 27.3 Å². The number of hydrogen-bond acceptors (Lipinski definition) is 7. The minimum atomic E-state index is -1.14. The fourth-order valence-electron chi connectivity index (χ4n) is 5.93. The van der Waals surface area contributed by atoms with Crippen LogP contribution in [0.25, 0.3) is 0 Å². The van der Waals surface area contributed by atoms with Crippen molar-refractivity contribution in [3.8, 4) is 17.2 Å². The summed E-state index contributed by atoms with van der Waals surface area (Å²) in [5, 5.41) is 16.8. The summed E-state index contributed by atoms with van der Waals surface area (Å²) in [7, 11) is 3.09. The number of nitrogens with one attached hydrogen (secondary N) is 2. The van der Waals surface area contributed by atoms with Gasteiger partial charge in [0.25, 0.3) is 0 Å². The monoisotopic (exact) mass is 702 g/mol. The lowest BCUT2D eigenvalue weighted by Gasteiger charge is -2.37. The molecule has 0 aliphatic carbocycles. The summed E-state index contributed by atoms with van der Waals surface area (Å²) >= 11 is 0. The van der Waals surface area contributed by atoms with E-state index in [1.54, 1.807) is 37.4 Å². The Morgan fingerprint density at radius 2 is 1.31 bits per heavy atom. The van der Waals surface area contributed by atoms with Crippen LogP contribution in [0.4, 0.5) is 0 Å². The predicted molar refractivity (Wildman–Crippen MR) is 197 cm³/mol. The summed E-state index contributed by atoms with van der Waals surface area (Å²) in [6.07, 6.45) is 6.08. The van der Waals surface area contributed by atoms with E-state index < -0.39 is 47.8 Å². The molecule has 2 aromatic rings. The molecule has 1 aliphatic rings. The molecule has 1 heterocycles. The molecule has 1 aliphatic heterocycles. The molecule has 0 radical (unpaired) electrons. The maximum absolute atomic E-state index is 14.3. The summed E-state index contributed by atoms with van der Waals surface area (Å²) in [6.45, 7) is 13.8. The molecule has 0 bridgehead atoms. The van der Waals surface area contributed by atoms with Crippen molar-refractivity contribution >= 4 is 23.6 Å². The Morgan fingerprint density at radius 3 is 1.80 bits per heavy atom. The number of aromatic hydroxyl groups is 1. The molecule has 51 heavy (non-hydrogen) atoms. The Labute approximate surface area is 302 Å². The first-order chi connectivity index (χ1) is 24.2. The van der Waals surface area contributed by atoms with Crippen molar-refractivity contribution in [3.63, 3.8) is 0 Å². The normalized spacial score (nSPS) is 20.5. The highest BCUT2D eigenvalue weighted by Crippen LogP contribution is 2.26. The van der Waals surface area contributed by atoms with Crippen LogP contribution in [-0.4, -0.2) is 90.0 Å². The Balaban J connectivity index is 2.02. The van der Waals surface area contributed by atoms with Crippen LogP contribution in [-0.2, 0) is 32.0 Å². The van der Waals surface area contributed by atoms with E-state index in [-0.39, 0.29) is 30.4 Å². The largest absolute Gasteiger partial charge is 0.508 e. The van der Waals surface area contributed by atoms with E-state index in [1.807, 2.05) is 58.9 Å². The second-order valence-electron chi connectivity index (χ2n) is 13.8. The number of carbonyl (C=O) groups is 4. The number of benzene rings is 2. The van der Waals surface area contributed by atoms with Crippen molar-refractivity contribution in [2.45, 2.75) is 84.5 Å². The van der Waals surface area contributed by atoms with Gasteiger partial charge in [0, 0.05) is 33.0 Å². The fourth-order valence-corrected chi connectivity index (χ4v) is 5.93. The molecule has 11 nitrogen and oxygen atoms in total. The molecule has 4 atom stereocenters. The summed E-state index contributed by atoms with van der Waals surface area (Å²) in [6, 6.07) is 7.99. The minimum absolute atomic E-state index is 0.0202. The highest BCUT2D eigenvalue weighted by molar-refractivity contribution is 5.97. The van der Waals surface area contributed by atoms with Gasteiger partial charge in [0.2, 0.25) is 23.6 Å². The zero-order valence-corrected chi connectivity index (χ0v) is 31.0. The molecule has 1 saturated heterocycles. The second kappa shape index (κ2) is 19.4. The smallest absolute Gasteiger partial charge is 0.245 e. The number of nitrogens with zero attached hydrogens (tertiary/aromatic N) is 2. The molecule has 4 amide bonds. The molecule has 0 unspecified atom stereocenters. The number of allylic oxidation sites excluding steroid dienone is 1. The van der Waals surface area contributed by atoms with E-state index >= 15 is 0 Å². The van der Waals surface area contributed by atoms with Crippen LogP contribution < -0.4 is 20.1 Å². The van der Waals surface area contributed by atoms with Gasteiger partial charge in [0.15, 0.2) is 0 Å². The number of phenols is 1. The van der Waals surface area contributed by atoms with Crippen LogP contribution in [0.5, 0.6) is 17.2 Å². The number of amides is 4. The second-order valence-corrected chi connectivity index (χ2v) is 13.8. The SMILES string of the molecule is C=C=CCOc1ccc(C[C@@H]2NC(=O)[C@H](CC(C)C)N(C)C(=O)[C@H](Cc3ccc(OC/C=C/C)cc3O)NC(=O)[C@H](CC(C)C)N(C)C2=O)cc1. The Morgan fingerprint density at radius 1 is 0.804 bits per heavy atom. The van der Waals surface area contributed by atoms with Gasteiger partial charge in [-0.1, -0.05) is 64.6 Å². The molecule has 0 saturated carbocycles. The van der Waals surface area contributed by atoms with Gasteiger partial charge in [-0.05, 0) is 67.0 Å². The number of carbonyl (C=O) groups excluding carboxylic acids is 4. The maximum atomic E-state index is 14.3. The van der Waals surface area contributed by atoms with E-state index in [4.69, 9.17) is 9.47 Å². The maximum Gasteiger partial charge on any atom is 0.245 e. The number of hydrogen-bond donors (Lipinski definition) is 3. The molecule has 276 valence electrons. The summed E-state index contributed by atoms with van der Waals surface area (Å²) < 4.78 is 11.3. The van der Waals surface area contributed by atoms with Crippen molar-refractivity contribution < 1.29 is 33.8 Å². The lowest BCUT2D eigenvalue weighted by Crippen LogP contribution is -2.62. The van der Waals surface area contributed by atoms with Crippen LogP contribution in [0.15, 0.2) is 73.0 Å². The molecule has 2 aromatic carbocycles. The molecule has 3 rings (SSSR count). The predicted octanol–water partition coefficient (Wildman–Crippen LogP) is 4.58. The molecular weight excluding hydrogens is 648 g/mol. The van der Waals surface area contributed by atoms with Gasteiger partial charge >= 0.3 is 0 Å². The van der Waals surface area contributed by atoms with Gasteiger partial charge in [0.1, 0.15) is 54.6 Å². The Kier molecular flexibility index (Phi) is 15.4. The van der Waals surface area contributed by atoms with Crippen LogP contribution in [0, 0.1) is 11.8 Å². The van der Waals surface area contributed by atoms with Crippen LogP contribution >= 0.6 is 0 Å². The average molecular weight is 703 g/mol. The Bertz CT molecular complexity index is 1570. The highest BCUT2D eigenvalue weighted by atomic mass is 16.5. The van der Waals surface area contributed by atoms with Gasteiger partial charge in [-0.15, -0.1) is 5.73 Å². The minimum Gasteiger partial charge on any atom is -0.508 e. The zero-order valence-electron chi connectivity index (χ0n) is 31.0. The standard InChI is InChI=1S/C40H54N4O7/c1-9-11-19-50-30-16-13-28(14-17-30)23-32-39(48)43(7)35(22-27(5)6)38(47)42-33(40(49)44(8)34(21-26(3)4)37(46)41-32)24-29-15-18-31(25-36(29)45)51-20-12-10-2/h10-18,25-27,32-35,45H,1,19-24H2,2-8H3,(H,41,46)(H,42,47)/b12-10+/t32-,33-,34-,35-/m0/s1. The lowest BCUT2D eigenvalue weighted by atomic mass is 9.96.